The minimum Gasteiger partial charge on any atom is -0.469 e. The smallest absolute Gasteiger partial charge is 0.315 e. The van der Waals surface area contributed by atoms with E-state index in [1.807, 2.05) is 36.4 Å². The number of hydrogen-bond acceptors (Lipinski definition) is 5. The van der Waals surface area contributed by atoms with E-state index in [2.05, 4.69) is 4.99 Å². The molecule has 2 unspecified atom stereocenters. The first-order valence-corrected chi connectivity index (χ1v) is 6.89. The summed E-state index contributed by atoms with van der Waals surface area (Å²) in [7, 11) is 2.61. The van der Waals surface area contributed by atoms with Gasteiger partial charge in [-0.3, -0.25) is 14.6 Å². The summed E-state index contributed by atoms with van der Waals surface area (Å²) in [5, 5.41) is 1.87. The summed E-state index contributed by atoms with van der Waals surface area (Å²) in [5.74, 6) is -2.51. The maximum absolute atomic E-state index is 12.3. The second kappa shape index (κ2) is 5.60. The zero-order valence-corrected chi connectivity index (χ0v) is 12.3. The number of rotatable bonds is 2. The van der Waals surface area contributed by atoms with Crippen molar-refractivity contribution in [2.45, 2.75) is 5.92 Å². The number of methoxy groups -OCH3 is 2. The molecule has 5 nitrogen and oxygen atoms in total. The lowest BCUT2D eigenvalue weighted by Crippen LogP contribution is -2.33. The van der Waals surface area contributed by atoms with Crippen LogP contribution >= 0.6 is 0 Å². The Labute approximate surface area is 127 Å². The molecule has 0 N–H and O–H groups in total. The first-order valence-electron chi connectivity index (χ1n) is 6.89. The third-order valence-electron chi connectivity index (χ3n) is 3.92. The predicted octanol–water partition coefficient (Wildman–Crippen LogP) is 2.60. The van der Waals surface area contributed by atoms with Crippen LogP contribution in [0.3, 0.4) is 0 Å². The number of ether oxygens (including phenoxy) is 2. The van der Waals surface area contributed by atoms with Crippen LogP contribution in [0.1, 0.15) is 11.5 Å². The van der Waals surface area contributed by atoms with E-state index in [0.29, 0.717) is 11.3 Å². The predicted molar refractivity (Wildman–Crippen MR) is 82.4 cm³/mol. The highest BCUT2D eigenvalue weighted by molar-refractivity contribution is 6.05. The molecule has 1 aliphatic heterocycles. The van der Waals surface area contributed by atoms with Crippen LogP contribution in [0.15, 0.2) is 41.4 Å². The number of benzene rings is 2. The van der Waals surface area contributed by atoms with E-state index in [0.717, 1.165) is 10.8 Å². The van der Waals surface area contributed by atoms with Crippen LogP contribution in [0.4, 0.5) is 5.69 Å². The quantitative estimate of drug-likeness (QED) is 0.799. The zero-order chi connectivity index (χ0) is 15.7. The summed E-state index contributed by atoms with van der Waals surface area (Å²) in [4.78, 5) is 28.7. The summed E-state index contributed by atoms with van der Waals surface area (Å²) in [6.07, 6.45) is 1.46. The SMILES string of the molecule is COC(=O)C1C=Nc2ccc3ccccc3c2C1C(=O)OC. The topological polar surface area (TPSA) is 65.0 Å². The lowest BCUT2D eigenvalue weighted by Gasteiger charge is -2.26. The Balaban J connectivity index is 2.27. The fourth-order valence-electron chi connectivity index (χ4n) is 2.87. The van der Waals surface area contributed by atoms with Crippen molar-refractivity contribution < 1.29 is 19.1 Å². The normalized spacial score (nSPS) is 19.5. The van der Waals surface area contributed by atoms with Gasteiger partial charge in [0.25, 0.3) is 0 Å². The molecule has 5 heteroatoms. The van der Waals surface area contributed by atoms with Crippen LogP contribution in [0.5, 0.6) is 0 Å². The van der Waals surface area contributed by atoms with Crippen molar-refractivity contribution in [3.63, 3.8) is 0 Å². The number of carbonyl (C=O) groups is 2. The number of carbonyl (C=O) groups excluding carboxylic acids is 2. The molecule has 0 amide bonds. The highest BCUT2D eigenvalue weighted by Crippen LogP contribution is 2.41. The van der Waals surface area contributed by atoms with Crippen LogP contribution in [0, 0.1) is 5.92 Å². The summed E-state index contributed by atoms with van der Waals surface area (Å²) in [6.45, 7) is 0. The molecule has 3 rings (SSSR count). The van der Waals surface area contributed by atoms with E-state index >= 15 is 0 Å². The van der Waals surface area contributed by atoms with Crippen LogP contribution in [-0.2, 0) is 19.1 Å². The van der Waals surface area contributed by atoms with Crippen LogP contribution < -0.4 is 0 Å². The Hall–Kier alpha value is -2.69. The van der Waals surface area contributed by atoms with E-state index in [4.69, 9.17) is 9.47 Å². The van der Waals surface area contributed by atoms with Gasteiger partial charge in [-0.15, -0.1) is 0 Å². The summed E-state index contributed by atoms with van der Waals surface area (Å²) >= 11 is 0. The van der Waals surface area contributed by atoms with Crippen molar-refractivity contribution in [2.75, 3.05) is 14.2 Å². The summed E-state index contributed by atoms with van der Waals surface area (Å²) in [6, 6.07) is 11.5. The third-order valence-corrected chi connectivity index (χ3v) is 3.92. The van der Waals surface area contributed by atoms with Crippen molar-refractivity contribution >= 4 is 34.6 Å². The molecule has 2 aromatic carbocycles. The van der Waals surface area contributed by atoms with Crippen LogP contribution in [0.2, 0.25) is 0 Å². The molecule has 1 aliphatic rings. The van der Waals surface area contributed by atoms with Gasteiger partial charge >= 0.3 is 11.9 Å². The van der Waals surface area contributed by atoms with Gasteiger partial charge in [0.2, 0.25) is 0 Å². The second-order valence-electron chi connectivity index (χ2n) is 5.05. The second-order valence-corrected chi connectivity index (χ2v) is 5.05. The largest absolute Gasteiger partial charge is 0.469 e. The average molecular weight is 297 g/mol. The van der Waals surface area contributed by atoms with Gasteiger partial charge in [0.1, 0.15) is 11.8 Å². The monoisotopic (exact) mass is 297 g/mol. The van der Waals surface area contributed by atoms with Gasteiger partial charge in [0.05, 0.1) is 19.9 Å². The van der Waals surface area contributed by atoms with Gasteiger partial charge < -0.3 is 9.47 Å². The van der Waals surface area contributed by atoms with Gasteiger partial charge in [0.15, 0.2) is 0 Å². The minimum atomic E-state index is -0.782. The van der Waals surface area contributed by atoms with Gasteiger partial charge in [0, 0.05) is 11.8 Å². The number of aliphatic imine (C=N–C) groups is 1. The van der Waals surface area contributed by atoms with E-state index < -0.39 is 23.8 Å². The molecular weight excluding hydrogens is 282 g/mol. The van der Waals surface area contributed by atoms with Crippen molar-refractivity contribution in [2.24, 2.45) is 10.9 Å². The highest BCUT2D eigenvalue weighted by atomic mass is 16.5. The molecular formula is C17H15NO4. The zero-order valence-electron chi connectivity index (χ0n) is 12.3. The van der Waals surface area contributed by atoms with E-state index in [1.54, 1.807) is 0 Å². The number of hydrogen-bond donors (Lipinski definition) is 0. The number of esters is 2. The molecule has 0 spiro atoms. The lowest BCUT2D eigenvalue weighted by atomic mass is 9.81. The Kier molecular flexibility index (Phi) is 3.63. The fraction of sp³-hybridized carbons (Fsp3) is 0.235. The molecule has 2 aromatic rings. The fourth-order valence-corrected chi connectivity index (χ4v) is 2.87. The minimum absolute atomic E-state index is 0.473. The molecule has 1 heterocycles. The molecule has 0 aromatic heterocycles. The van der Waals surface area contributed by atoms with E-state index in [-0.39, 0.29) is 0 Å². The van der Waals surface area contributed by atoms with E-state index in [1.165, 1.54) is 20.4 Å². The van der Waals surface area contributed by atoms with Gasteiger partial charge in [-0.05, 0) is 16.8 Å². The molecule has 0 aliphatic carbocycles. The Bertz CT molecular complexity index is 781. The first kappa shape index (κ1) is 14.3. The summed E-state index contributed by atoms with van der Waals surface area (Å²) < 4.78 is 9.72. The Morgan fingerprint density at radius 2 is 1.73 bits per heavy atom. The molecule has 0 bridgehead atoms. The summed E-state index contributed by atoms with van der Waals surface area (Å²) in [5.41, 5.74) is 1.39. The van der Waals surface area contributed by atoms with Gasteiger partial charge in [-0.2, -0.15) is 0 Å². The molecule has 0 radical (unpaired) electrons. The Morgan fingerprint density at radius 1 is 1.00 bits per heavy atom. The maximum Gasteiger partial charge on any atom is 0.315 e. The van der Waals surface area contributed by atoms with Crippen LogP contribution in [0.25, 0.3) is 10.8 Å². The molecule has 112 valence electrons. The van der Waals surface area contributed by atoms with Crippen LogP contribution in [-0.4, -0.2) is 32.4 Å². The molecule has 22 heavy (non-hydrogen) atoms. The number of nitrogens with zero attached hydrogens (tertiary/aromatic N) is 1. The lowest BCUT2D eigenvalue weighted by molar-refractivity contribution is -0.151. The van der Waals surface area contributed by atoms with Gasteiger partial charge in [-0.1, -0.05) is 30.3 Å². The molecule has 0 saturated heterocycles. The average Bonchev–Trinajstić information content (AvgIpc) is 2.59. The van der Waals surface area contributed by atoms with Crippen molar-refractivity contribution in [3.8, 4) is 0 Å². The first-order chi connectivity index (χ1) is 10.7. The third kappa shape index (κ3) is 2.15. The molecule has 0 saturated carbocycles. The van der Waals surface area contributed by atoms with Crippen molar-refractivity contribution in [1.82, 2.24) is 0 Å². The standard InChI is InChI=1S/C17H15NO4/c1-21-16(19)12-9-18-13-8-7-10-5-3-4-6-11(10)14(13)15(12)17(20)22-2/h3-9,12,15H,1-2H3. The molecule has 0 fully saturated rings. The number of fused-ring (bicyclic) bond motifs is 3. The maximum atomic E-state index is 12.3. The van der Waals surface area contributed by atoms with E-state index in [9.17, 15) is 9.59 Å². The highest BCUT2D eigenvalue weighted by Gasteiger charge is 2.40. The molecule has 2 atom stereocenters. The van der Waals surface area contributed by atoms with Crippen molar-refractivity contribution in [1.29, 1.82) is 0 Å². The Morgan fingerprint density at radius 3 is 2.45 bits per heavy atom. The van der Waals surface area contributed by atoms with Crippen molar-refractivity contribution in [3.05, 3.63) is 42.0 Å². The van der Waals surface area contributed by atoms with Gasteiger partial charge in [-0.25, -0.2) is 0 Å².